The molecule has 0 saturated heterocycles. The highest BCUT2D eigenvalue weighted by atomic mass is 16.4. The van der Waals surface area contributed by atoms with Crippen molar-refractivity contribution in [3.63, 3.8) is 0 Å². The molecule has 4 nitrogen and oxygen atoms in total. The van der Waals surface area contributed by atoms with Crippen LogP contribution in [0.5, 0.6) is 0 Å². The SMILES string of the molecule is CN(CCCNCCCCCC(=O)O)C1CCCCC1. The molecule has 1 aliphatic carbocycles. The Labute approximate surface area is 123 Å². The van der Waals surface area contributed by atoms with Gasteiger partial charge in [-0.25, -0.2) is 0 Å². The van der Waals surface area contributed by atoms with Gasteiger partial charge in [-0.15, -0.1) is 0 Å². The Morgan fingerprint density at radius 2 is 1.80 bits per heavy atom. The van der Waals surface area contributed by atoms with Gasteiger partial charge in [-0.1, -0.05) is 25.7 Å². The van der Waals surface area contributed by atoms with E-state index in [0.29, 0.717) is 6.42 Å². The molecule has 0 aromatic heterocycles. The first-order valence-corrected chi connectivity index (χ1v) is 8.33. The summed E-state index contributed by atoms with van der Waals surface area (Å²) in [4.78, 5) is 12.9. The zero-order valence-electron chi connectivity index (χ0n) is 13.1. The summed E-state index contributed by atoms with van der Waals surface area (Å²) < 4.78 is 0. The van der Waals surface area contributed by atoms with E-state index in [1.165, 1.54) is 45.1 Å². The molecule has 2 N–H and O–H groups in total. The van der Waals surface area contributed by atoms with Crippen molar-refractivity contribution in [1.82, 2.24) is 10.2 Å². The molecule has 0 amide bonds. The Hall–Kier alpha value is -0.610. The minimum absolute atomic E-state index is 0.312. The minimum Gasteiger partial charge on any atom is -0.481 e. The summed E-state index contributed by atoms with van der Waals surface area (Å²) in [5.74, 6) is -0.677. The van der Waals surface area contributed by atoms with E-state index in [9.17, 15) is 4.79 Å². The second-order valence-corrected chi connectivity index (χ2v) is 6.08. The van der Waals surface area contributed by atoms with Crippen LogP contribution >= 0.6 is 0 Å². The van der Waals surface area contributed by atoms with Crippen LogP contribution in [0.3, 0.4) is 0 Å². The van der Waals surface area contributed by atoms with Crippen molar-refractivity contribution < 1.29 is 9.90 Å². The summed E-state index contributed by atoms with van der Waals surface area (Å²) in [7, 11) is 2.27. The zero-order valence-corrected chi connectivity index (χ0v) is 13.1. The third kappa shape index (κ3) is 8.54. The second-order valence-electron chi connectivity index (χ2n) is 6.08. The van der Waals surface area contributed by atoms with Gasteiger partial charge in [-0.05, 0) is 58.8 Å². The Balaban J connectivity index is 1.85. The smallest absolute Gasteiger partial charge is 0.303 e. The van der Waals surface area contributed by atoms with Crippen molar-refractivity contribution in [3.8, 4) is 0 Å². The number of hydrogen-bond acceptors (Lipinski definition) is 3. The largest absolute Gasteiger partial charge is 0.481 e. The van der Waals surface area contributed by atoms with E-state index in [1.807, 2.05) is 0 Å². The zero-order chi connectivity index (χ0) is 14.6. The highest BCUT2D eigenvalue weighted by Gasteiger charge is 2.16. The van der Waals surface area contributed by atoms with Crippen molar-refractivity contribution >= 4 is 5.97 Å². The van der Waals surface area contributed by atoms with Gasteiger partial charge in [-0.3, -0.25) is 4.79 Å². The first kappa shape index (κ1) is 17.4. The maximum absolute atomic E-state index is 10.3. The van der Waals surface area contributed by atoms with Gasteiger partial charge < -0.3 is 15.3 Å². The van der Waals surface area contributed by atoms with Gasteiger partial charge in [0.05, 0.1) is 0 Å². The molecule has 0 radical (unpaired) electrons. The van der Waals surface area contributed by atoms with Crippen LogP contribution in [-0.2, 0) is 4.79 Å². The molecule has 0 heterocycles. The number of carbonyl (C=O) groups is 1. The molecule has 0 aromatic rings. The summed E-state index contributed by atoms with van der Waals surface area (Å²) in [6.07, 6.45) is 11.4. The lowest BCUT2D eigenvalue weighted by atomic mass is 9.94. The number of nitrogens with one attached hydrogen (secondary N) is 1. The van der Waals surface area contributed by atoms with Crippen molar-refractivity contribution in [1.29, 1.82) is 0 Å². The van der Waals surface area contributed by atoms with E-state index in [-0.39, 0.29) is 0 Å². The average Bonchev–Trinajstić information content (AvgIpc) is 2.46. The van der Waals surface area contributed by atoms with Crippen molar-refractivity contribution in [2.45, 2.75) is 70.3 Å². The van der Waals surface area contributed by atoms with Crippen molar-refractivity contribution in [2.24, 2.45) is 0 Å². The number of aliphatic carboxylic acids is 1. The molecule has 1 fully saturated rings. The molecule has 0 aliphatic heterocycles. The van der Waals surface area contributed by atoms with E-state index in [2.05, 4.69) is 17.3 Å². The molecule has 20 heavy (non-hydrogen) atoms. The van der Waals surface area contributed by atoms with Gasteiger partial charge in [0.25, 0.3) is 0 Å². The average molecular weight is 284 g/mol. The monoisotopic (exact) mass is 284 g/mol. The standard InChI is InChI=1S/C16H32N2O2/c1-18(15-9-4-2-5-10-15)14-8-13-17-12-7-3-6-11-16(19)20/h15,17H,2-14H2,1H3,(H,19,20). The number of carboxylic acid groups (broad SMARTS) is 1. The van der Waals surface area contributed by atoms with E-state index < -0.39 is 5.97 Å². The Morgan fingerprint density at radius 1 is 1.10 bits per heavy atom. The van der Waals surface area contributed by atoms with Crippen molar-refractivity contribution in [2.75, 3.05) is 26.7 Å². The van der Waals surface area contributed by atoms with E-state index in [0.717, 1.165) is 38.4 Å². The van der Waals surface area contributed by atoms with Crippen LogP contribution in [0, 0.1) is 0 Å². The summed E-state index contributed by atoms with van der Waals surface area (Å²) in [6, 6.07) is 0.819. The van der Waals surface area contributed by atoms with Gasteiger partial charge in [0.2, 0.25) is 0 Å². The fourth-order valence-electron chi connectivity index (χ4n) is 2.99. The molecule has 0 atom stereocenters. The Kier molecular flexibility index (Phi) is 9.67. The van der Waals surface area contributed by atoms with Crippen LogP contribution in [-0.4, -0.2) is 48.7 Å². The summed E-state index contributed by atoms with van der Waals surface area (Å²) >= 11 is 0. The summed E-state index contributed by atoms with van der Waals surface area (Å²) in [5, 5.41) is 12.0. The fourth-order valence-corrected chi connectivity index (χ4v) is 2.99. The lowest BCUT2D eigenvalue weighted by Gasteiger charge is -2.31. The Bertz CT molecular complexity index is 253. The molecule has 0 unspecified atom stereocenters. The van der Waals surface area contributed by atoms with Crippen LogP contribution in [0.15, 0.2) is 0 Å². The first-order valence-electron chi connectivity index (χ1n) is 8.33. The highest BCUT2D eigenvalue weighted by molar-refractivity contribution is 5.66. The quantitative estimate of drug-likeness (QED) is 0.573. The third-order valence-corrected chi connectivity index (χ3v) is 4.31. The van der Waals surface area contributed by atoms with Crippen LogP contribution in [0.25, 0.3) is 0 Å². The number of carboxylic acids is 1. The van der Waals surface area contributed by atoms with Crippen LogP contribution in [0.4, 0.5) is 0 Å². The number of hydrogen-bond donors (Lipinski definition) is 2. The predicted octanol–water partition coefficient (Wildman–Crippen LogP) is 2.88. The number of unbranched alkanes of at least 4 members (excludes halogenated alkanes) is 2. The lowest BCUT2D eigenvalue weighted by molar-refractivity contribution is -0.137. The first-order chi connectivity index (χ1) is 9.70. The van der Waals surface area contributed by atoms with E-state index >= 15 is 0 Å². The molecule has 1 rings (SSSR count). The molecule has 0 bridgehead atoms. The van der Waals surface area contributed by atoms with Crippen LogP contribution in [0.1, 0.15) is 64.2 Å². The molecule has 0 aromatic carbocycles. The maximum atomic E-state index is 10.3. The predicted molar refractivity (Wildman–Crippen MR) is 83.1 cm³/mol. The summed E-state index contributed by atoms with van der Waals surface area (Å²) in [5.41, 5.74) is 0. The molecule has 118 valence electrons. The van der Waals surface area contributed by atoms with Gasteiger partial charge in [0.1, 0.15) is 0 Å². The molecular weight excluding hydrogens is 252 g/mol. The van der Waals surface area contributed by atoms with E-state index in [4.69, 9.17) is 5.11 Å². The lowest BCUT2D eigenvalue weighted by Crippen LogP contribution is -2.35. The molecular formula is C16H32N2O2. The van der Waals surface area contributed by atoms with Gasteiger partial charge >= 0.3 is 5.97 Å². The number of nitrogens with zero attached hydrogens (tertiary/aromatic N) is 1. The molecule has 4 heteroatoms. The topological polar surface area (TPSA) is 52.6 Å². The second kappa shape index (κ2) is 11.1. The normalized spacial score (nSPS) is 16.7. The van der Waals surface area contributed by atoms with Crippen molar-refractivity contribution in [3.05, 3.63) is 0 Å². The molecule has 1 saturated carbocycles. The van der Waals surface area contributed by atoms with Gasteiger partial charge in [0, 0.05) is 12.5 Å². The third-order valence-electron chi connectivity index (χ3n) is 4.31. The van der Waals surface area contributed by atoms with Crippen LogP contribution < -0.4 is 5.32 Å². The Morgan fingerprint density at radius 3 is 2.50 bits per heavy atom. The highest BCUT2D eigenvalue weighted by Crippen LogP contribution is 2.21. The van der Waals surface area contributed by atoms with E-state index in [1.54, 1.807) is 0 Å². The molecule has 1 aliphatic rings. The number of rotatable bonds is 11. The van der Waals surface area contributed by atoms with Crippen LogP contribution in [0.2, 0.25) is 0 Å². The van der Waals surface area contributed by atoms with Gasteiger partial charge in [0.15, 0.2) is 0 Å². The van der Waals surface area contributed by atoms with Gasteiger partial charge in [-0.2, -0.15) is 0 Å². The summed E-state index contributed by atoms with van der Waals surface area (Å²) in [6.45, 7) is 3.29. The minimum atomic E-state index is -0.677. The molecule has 0 spiro atoms. The maximum Gasteiger partial charge on any atom is 0.303 e. The fraction of sp³-hybridized carbons (Fsp3) is 0.938.